The van der Waals surface area contributed by atoms with Gasteiger partial charge in [-0.05, 0) is 56.6 Å². The molecule has 10 aromatic rings. The molecule has 2 aromatic heterocycles. The van der Waals surface area contributed by atoms with Gasteiger partial charge >= 0.3 is 0 Å². The van der Waals surface area contributed by atoms with Gasteiger partial charge in [0.15, 0.2) is 17.5 Å². The number of pyridine rings is 1. The van der Waals surface area contributed by atoms with Crippen LogP contribution >= 0.6 is 0 Å². The minimum atomic E-state index is 0.625. The standard InChI is InChI=1S/C50H32N4/c1-3-11-33(12-4-1)34-21-23-38(24-22-34)49-52-48(37-14-5-2-6-15-37)53-50(54-49)42-19-10-17-40(32-42)39-16-9-18-41(31-39)46-30-27-36-26-28-44-43-20-8-7-13-35(43)25-29-45(44)47(36)51-46/h1-32H. The van der Waals surface area contributed by atoms with Crippen LogP contribution in [0.25, 0.3) is 100 Å². The lowest BCUT2D eigenvalue weighted by Crippen LogP contribution is -2.00. The number of fused-ring (bicyclic) bond motifs is 5. The highest BCUT2D eigenvalue weighted by molar-refractivity contribution is 6.16. The van der Waals surface area contributed by atoms with Crippen LogP contribution in [0.2, 0.25) is 0 Å². The van der Waals surface area contributed by atoms with Gasteiger partial charge in [0.05, 0.1) is 11.2 Å². The zero-order valence-electron chi connectivity index (χ0n) is 29.3. The summed E-state index contributed by atoms with van der Waals surface area (Å²) in [7, 11) is 0. The molecule has 0 spiro atoms. The van der Waals surface area contributed by atoms with Gasteiger partial charge in [0.1, 0.15) is 0 Å². The first-order valence-corrected chi connectivity index (χ1v) is 18.1. The summed E-state index contributed by atoms with van der Waals surface area (Å²) >= 11 is 0. The predicted octanol–water partition coefficient (Wildman–Crippen LogP) is 12.7. The minimum Gasteiger partial charge on any atom is -0.247 e. The molecule has 4 heteroatoms. The van der Waals surface area contributed by atoms with Crippen LogP contribution in [0.15, 0.2) is 194 Å². The van der Waals surface area contributed by atoms with Crippen molar-refractivity contribution in [2.75, 3.05) is 0 Å². The monoisotopic (exact) mass is 688 g/mol. The number of nitrogens with zero attached hydrogens (tertiary/aromatic N) is 4. The average Bonchev–Trinajstić information content (AvgIpc) is 3.26. The molecule has 0 aliphatic heterocycles. The van der Waals surface area contributed by atoms with E-state index in [4.69, 9.17) is 19.9 Å². The quantitative estimate of drug-likeness (QED) is 0.163. The number of aromatic nitrogens is 4. The third-order valence-corrected chi connectivity index (χ3v) is 10.1. The highest BCUT2D eigenvalue weighted by Gasteiger charge is 2.14. The van der Waals surface area contributed by atoms with Crippen molar-refractivity contribution in [1.82, 2.24) is 19.9 Å². The SMILES string of the molecule is c1ccc(-c2ccc(-c3nc(-c4ccccc4)nc(-c4cccc(-c5cccc(-c6ccc7ccc8c9ccccc9ccc8c7n6)c5)c4)n3)cc2)cc1. The Morgan fingerprint density at radius 3 is 1.46 bits per heavy atom. The van der Waals surface area contributed by atoms with E-state index in [1.165, 1.54) is 21.7 Å². The highest BCUT2D eigenvalue weighted by atomic mass is 15.0. The second kappa shape index (κ2) is 13.4. The molecule has 0 aliphatic rings. The summed E-state index contributed by atoms with van der Waals surface area (Å²) in [5, 5.41) is 5.99. The Morgan fingerprint density at radius 2 is 0.722 bits per heavy atom. The van der Waals surface area contributed by atoms with E-state index in [9.17, 15) is 0 Å². The van der Waals surface area contributed by atoms with Crippen molar-refractivity contribution in [2.24, 2.45) is 0 Å². The fourth-order valence-corrected chi connectivity index (χ4v) is 7.32. The van der Waals surface area contributed by atoms with Gasteiger partial charge in [-0.2, -0.15) is 0 Å². The van der Waals surface area contributed by atoms with E-state index in [1.807, 2.05) is 36.4 Å². The summed E-state index contributed by atoms with van der Waals surface area (Å²) in [5.74, 6) is 1.89. The lowest BCUT2D eigenvalue weighted by atomic mass is 9.98. The zero-order valence-corrected chi connectivity index (χ0v) is 29.3. The topological polar surface area (TPSA) is 51.6 Å². The maximum absolute atomic E-state index is 5.25. The van der Waals surface area contributed by atoms with Crippen LogP contribution in [0, 0.1) is 0 Å². The lowest BCUT2D eigenvalue weighted by Gasteiger charge is -2.11. The van der Waals surface area contributed by atoms with Gasteiger partial charge in [-0.3, -0.25) is 0 Å². The Hall–Kier alpha value is -7.30. The first kappa shape index (κ1) is 31.4. The number of rotatable bonds is 6. The number of hydrogen-bond donors (Lipinski definition) is 0. The molecule has 4 nitrogen and oxygen atoms in total. The van der Waals surface area contributed by atoms with Crippen LogP contribution in [0.3, 0.4) is 0 Å². The molecule has 0 atom stereocenters. The smallest absolute Gasteiger partial charge is 0.164 e. The molecular formula is C50H32N4. The number of hydrogen-bond acceptors (Lipinski definition) is 4. The Labute approximate surface area is 313 Å². The van der Waals surface area contributed by atoms with Crippen molar-refractivity contribution in [3.05, 3.63) is 194 Å². The number of benzene rings is 8. The average molecular weight is 689 g/mol. The van der Waals surface area contributed by atoms with E-state index >= 15 is 0 Å². The van der Waals surface area contributed by atoms with Gasteiger partial charge in [-0.1, -0.05) is 176 Å². The zero-order chi connectivity index (χ0) is 35.8. The van der Waals surface area contributed by atoms with Gasteiger partial charge < -0.3 is 0 Å². The largest absolute Gasteiger partial charge is 0.247 e. The predicted molar refractivity (Wildman–Crippen MR) is 223 cm³/mol. The van der Waals surface area contributed by atoms with Crippen molar-refractivity contribution in [3.8, 4) is 67.7 Å². The first-order chi connectivity index (χ1) is 26.7. The summed E-state index contributed by atoms with van der Waals surface area (Å²) in [6.45, 7) is 0. The van der Waals surface area contributed by atoms with E-state index in [0.717, 1.165) is 60.9 Å². The van der Waals surface area contributed by atoms with Crippen LogP contribution in [-0.2, 0) is 0 Å². The molecule has 10 rings (SSSR count). The molecule has 0 unspecified atom stereocenters. The van der Waals surface area contributed by atoms with Crippen LogP contribution in [0.4, 0.5) is 0 Å². The van der Waals surface area contributed by atoms with Crippen LogP contribution in [0.5, 0.6) is 0 Å². The Bertz CT molecular complexity index is 2970. The van der Waals surface area contributed by atoms with Crippen molar-refractivity contribution < 1.29 is 0 Å². The van der Waals surface area contributed by atoms with Gasteiger partial charge in [0.25, 0.3) is 0 Å². The Morgan fingerprint density at radius 1 is 0.241 bits per heavy atom. The molecule has 0 saturated heterocycles. The van der Waals surface area contributed by atoms with Crippen molar-refractivity contribution in [2.45, 2.75) is 0 Å². The molecule has 2 heterocycles. The molecule has 0 fully saturated rings. The summed E-state index contributed by atoms with van der Waals surface area (Å²) in [6.07, 6.45) is 0. The van der Waals surface area contributed by atoms with Crippen LogP contribution in [-0.4, -0.2) is 19.9 Å². The second-order valence-electron chi connectivity index (χ2n) is 13.5. The fraction of sp³-hybridized carbons (Fsp3) is 0. The van der Waals surface area contributed by atoms with Crippen LogP contribution in [0.1, 0.15) is 0 Å². The molecule has 0 N–H and O–H groups in total. The molecule has 8 aromatic carbocycles. The summed E-state index contributed by atoms with van der Waals surface area (Å²) in [6, 6.07) is 67.6. The second-order valence-corrected chi connectivity index (χ2v) is 13.5. The first-order valence-electron chi connectivity index (χ1n) is 18.1. The fourth-order valence-electron chi connectivity index (χ4n) is 7.32. The van der Waals surface area contributed by atoms with E-state index in [-0.39, 0.29) is 0 Å². The highest BCUT2D eigenvalue weighted by Crippen LogP contribution is 2.34. The minimum absolute atomic E-state index is 0.625. The van der Waals surface area contributed by atoms with Crippen molar-refractivity contribution in [1.29, 1.82) is 0 Å². The third kappa shape index (κ3) is 5.86. The Kier molecular flexibility index (Phi) is 7.77. The molecule has 0 bridgehead atoms. The molecular weight excluding hydrogens is 657 g/mol. The normalized spacial score (nSPS) is 11.3. The third-order valence-electron chi connectivity index (χ3n) is 10.1. The van der Waals surface area contributed by atoms with Gasteiger partial charge in [-0.25, -0.2) is 19.9 Å². The van der Waals surface area contributed by atoms with E-state index in [0.29, 0.717) is 17.5 Å². The van der Waals surface area contributed by atoms with Crippen molar-refractivity contribution in [3.63, 3.8) is 0 Å². The Balaban J connectivity index is 1.03. The van der Waals surface area contributed by atoms with Gasteiger partial charge in [-0.15, -0.1) is 0 Å². The van der Waals surface area contributed by atoms with Gasteiger partial charge in [0.2, 0.25) is 0 Å². The van der Waals surface area contributed by atoms with Crippen LogP contribution < -0.4 is 0 Å². The molecule has 252 valence electrons. The van der Waals surface area contributed by atoms with E-state index in [1.54, 1.807) is 0 Å². The van der Waals surface area contributed by atoms with Crippen molar-refractivity contribution >= 4 is 32.4 Å². The molecule has 0 amide bonds. The maximum Gasteiger partial charge on any atom is 0.164 e. The lowest BCUT2D eigenvalue weighted by molar-refractivity contribution is 1.07. The maximum atomic E-state index is 5.25. The van der Waals surface area contributed by atoms with E-state index < -0.39 is 0 Å². The molecule has 54 heavy (non-hydrogen) atoms. The molecule has 0 radical (unpaired) electrons. The van der Waals surface area contributed by atoms with E-state index in [2.05, 4.69) is 158 Å². The summed E-state index contributed by atoms with van der Waals surface area (Å²) in [5.41, 5.74) is 10.3. The summed E-state index contributed by atoms with van der Waals surface area (Å²) < 4.78 is 0. The van der Waals surface area contributed by atoms with Gasteiger partial charge in [0, 0.05) is 33.0 Å². The molecule has 0 saturated carbocycles. The molecule has 0 aliphatic carbocycles. The summed E-state index contributed by atoms with van der Waals surface area (Å²) in [4.78, 5) is 20.3.